The Labute approximate surface area is 139 Å². The van der Waals surface area contributed by atoms with Crippen molar-refractivity contribution in [2.75, 3.05) is 6.61 Å². The van der Waals surface area contributed by atoms with Crippen LogP contribution in [0.4, 0.5) is 0 Å². The lowest BCUT2D eigenvalue weighted by Gasteiger charge is -2.02. The maximum absolute atomic E-state index is 11.8. The molecule has 0 spiro atoms. The van der Waals surface area contributed by atoms with Crippen molar-refractivity contribution in [3.8, 4) is 17.4 Å². The number of hydrogen-bond donors (Lipinski definition) is 0. The highest BCUT2D eigenvalue weighted by atomic mass is 35.5. The molecule has 0 amide bonds. The molecule has 5 heteroatoms. The van der Waals surface area contributed by atoms with Crippen molar-refractivity contribution in [3.05, 3.63) is 52.8 Å². The highest BCUT2D eigenvalue weighted by Gasteiger charge is 2.13. The van der Waals surface area contributed by atoms with E-state index in [4.69, 9.17) is 26.0 Å². The average molecular weight is 330 g/mol. The van der Waals surface area contributed by atoms with E-state index in [0.717, 1.165) is 18.4 Å². The number of nitriles is 1. The van der Waals surface area contributed by atoms with Crippen LogP contribution >= 0.6 is 11.6 Å². The number of esters is 1. The fraction of sp³-hybridized carbons (Fsp3) is 0.222. The monoisotopic (exact) mass is 329 g/mol. The molecule has 0 aliphatic rings. The molecule has 2 aromatic rings. The van der Waals surface area contributed by atoms with Crippen molar-refractivity contribution in [3.63, 3.8) is 0 Å². The standard InChI is InChI=1S/C18H16ClNO3/c1-2-3-10-22-18(21)13(12-20)11-14-8-9-17(23-14)15-6-4-5-7-16(15)19/h4-9,11H,2-3,10H2,1H3. The average Bonchev–Trinajstić information content (AvgIpc) is 3.01. The van der Waals surface area contributed by atoms with Crippen LogP contribution in [0.15, 0.2) is 46.4 Å². The minimum Gasteiger partial charge on any atom is -0.462 e. The van der Waals surface area contributed by atoms with Gasteiger partial charge in [-0.3, -0.25) is 0 Å². The minimum atomic E-state index is -0.642. The Morgan fingerprint density at radius 1 is 1.35 bits per heavy atom. The molecular formula is C18H16ClNO3. The first-order valence-corrected chi connectivity index (χ1v) is 7.67. The first-order valence-electron chi connectivity index (χ1n) is 7.29. The third kappa shape index (κ3) is 4.48. The van der Waals surface area contributed by atoms with E-state index in [1.807, 2.05) is 31.2 Å². The zero-order chi connectivity index (χ0) is 16.7. The van der Waals surface area contributed by atoms with Gasteiger partial charge in [0.15, 0.2) is 0 Å². The summed E-state index contributed by atoms with van der Waals surface area (Å²) in [6.45, 7) is 2.30. The topological polar surface area (TPSA) is 63.2 Å². The first-order chi connectivity index (χ1) is 11.2. The molecule has 0 N–H and O–H groups in total. The van der Waals surface area contributed by atoms with E-state index < -0.39 is 5.97 Å². The van der Waals surface area contributed by atoms with Gasteiger partial charge < -0.3 is 9.15 Å². The highest BCUT2D eigenvalue weighted by Crippen LogP contribution is 2.29. The summed E-state index contributed by atoms with van der Waals surface area (Å²) < 4.78 is 10.7. The van der Waals surface area contributed by atoms with Crippen LogP contribution in [0.1, 0.15) is 25.5 Å². The Bertz CT molecular complexity index is 756. The lowest BCUT2D eigenvalue weighted by atomic mass is 10.2. The van der Waals surface area contributed by atoms with Crippen LogP contribution < -0.4 is 0 Å². The van der Waals surface area contributed by atoms with E-state index in [1.54, 1.807) is 18.2 Å². The number of unbranched alkanes of at least 4 members (excludes halogenated alkanes) is 1. The normalized spacial score (nSPS) is 11.1. The molecule has 0 radical (unpaired) electrons. The second-order valence-corrected chi connectivity index (χ2v) is 5.25. The molecule has 0 atom stereocenters. The molecule has 0 saturated carbocycles. The third-order valence-electron chi connectivity index (χ3n) is 3.12. The van der Waals surface area contributed by atoms with E-state index in [-0.39, 0.29) is 5.57 Å². The molecule has 0 fully saturated rings. The summed E-state index contributed by atoms with van der Waals surface area (Å²) in [5, 5.41) is 9.67. The number of hydrogen-bond acceptors (Lipinski definition) is 4. The zero-order valence-electron chi connectivity index (χ0n) is 12.7. The van der Waals surface area contributed by atoms with Gasteiger partial charge in [0.2, 0.25) is 0 Å². The van der Waals surface area contributed by atoms with Gasteiger partial charge in [0.1, 0.15) is 23.2 Å². The second kappa shape index (κ2) is 8.21. The van der Waals surface area contributed by atoms with Gasteiger partial charge in [-0.1, -0.05) is 37.1 Å². The van der Waals surface area contributed by atoms with Crippen molar-refractivity contribution < 1.29 is 13.9 Å². The maximum atomic E-state index is 11.8. The third-order valence-corrected chi connectivity index (χ3v) is 3.45. The lowest BCUT2D eigenvalue weighted by Crippen LogP contribution is -2.07. The Balaban J connectivity index is 2.17. The molecule has 0 aliphatic carbocycles. The van der Waals surface area contributed by atoms with Crippen molar-refractivity contribution in [1.29, 1.82) is 5.26 Å². The number of carbonyl (C=O) groups excluding carboxylic acids is 1. The van der Waals surface area contributed by atoms with Gasteiger partial charge in [-0.15, -0.1) is 0 Å². The van der Waals surface area contributed by atoms with E-state index in [2.05, 4.69) is 0 Å². The van der Waals surface area contributed by atoms with Crippen LogP contribution in [0.5, 0.6) is 0 Å². The highest BCUT2D eigenvalue weighted by molar-refractivity contribution is 6.33. The fourth-order valence-electron chi connectivity index (χ4n) is 1.90. The van der Waals surface area contributed by atoms with Crippen LogP contribution in [-0.2, 0) is 9.53 Å². The van der Waals surface area contributed by atoms with Gasteiger partial charge >= 0.3 is 5.97 Å². The summed E-state index contributed by atoms with van der Waals surface area (Å²) in [5.41, 5.74) is 0.652. The fourth-order valence-corrected chi connectivity index (χ4v) is 2.13. The summed E-state index contributed by atoms with van der Waals surface area (Å²) in [6, 6.07) is 12.5. The van der Waals surface area contributed by atoms with E-state index in [0.29, 0.717) is 23.2 Å². The molecule has 0 saturated heterocycles. The van der Waals surface area contributed by atoms with Crippen LogP contribution in [0, 0.1) is 11.3 Å². The largest absolute Gasteiger partial charge is 0.462 e. The number of halogens is 1. The molecule has 23 heavy (non-hydrogen) atoms. The molecule has 2 rings (SSSR count). The smallest absolute Gasteiger partial charge is 0.349 e. The van der Waals surface area contributed by atoms with Crippen molar-refractivity contribution in [2.45, 2.75) is 19.8 Å². The number of ether oxygens (including phenoxy) is 1. The first kappa shape index (κ1) is 16.9. The van der Waals surface area contributed by atoms with Gasteiger partial charge in [-0.2, -0.15) is 5.26 Å². The van der Waals surface area contributed by atoms with E-state index in [1.165, 1.54) is 6.08 Å². The van der Waals surface area contributed by atoms with Gasteiger partial charge in [0, 0.05) is 11.6 Å². The van der Waals surface area contributed by atoms with Gasteiger partial charge in [-0.05, 0) is 30.7 Å². The molecule has 0 aliphatic heterocycles. The minimum absolute atomic E-state index is 0.0961. The number of rotatable bonds is 6. The van der Waals surface area contributed by atoms with E-state index in [9.17, 15) is 4.79 Å². The number of furan rings is 1. The number of nitrogens with zero attached hydrogens (tertiary/aromatic N) is 1. The van der Waals surface area contributed by atoms with Crippen molar-refractivity contribution >= 4 is 23.6 Å². The van der Waals surface area contributed by atoms with Gasteiger partial charge in [0.05, 0.1) is 11.6 Å². The Morgan fingerprint density at radius 2 is 2.13 bits per heavy atom. The molecule has 1 aromatic heterocycles. The van der Waals surface area contributed by atoms with Crippen LogP contribution in [0.3, 0.4) is 0 Å². The Morgan fingerprint density at radius 3 is 2.83 bits per heavy atom. The summed E-state index contributed by atoms with van der Waals surface area (Å²) in [4.78, 5) is 11.8. The maximum Gasteiger partial charge on any atom is 0.349 e. The number of benzene rings is 1. The van der Waals surface area contributed by atoms with Crippen LogP contribution in [-0.4, -0.2) is 12.6 Å². The molecule has 1 heterocycles. The van der Waals surface area contributed by atoms with E-state index >= 15 is 0 Å². The zero-order valence-corrected chi connectivity index (χ0v) is 13.5. The summed E-state index contributed by atoms with van der Waals surface area (Å²) >= 11 is 6.12. The summed E-state index contributed by atoms with van der Waals surface area (Å²) in [5.74, 6) is 0.319. The van der Waals surface area contributed by atoms with Crippen molar-refractivity contribution in [2.24, 2.45) is 0 Å². The van der Waals surface area contributed by atoms with Crippen molar-refractivity contribution in [1.82, 2.24) is 0 Å². The molecule has 0 bridgehead atoms. The second-order valence-electron chi connectivity index (χ2n) is 4.84. The Kier molecular flexibility index (Phi) is 6.02. The van der Waals surface area contributed by atoms with Gasteiger partial charge in [0.25, 0.3) is 0 Å². The Hall–Kier alpha value is -2.51. The predicted octanol–water partition coefficient (Wildman–Crippen LogP) is 4.85. The molecule has 0 unspecified atom stereocenters. The molecular weight excluding hydrogens is 314 g/mol. The van der Waals surface area contributed by atoms with Crippen LogP contribution in [0.2, 0.25) is 5.02 Å². The summed E-state index contributed by atoms with van der Waals surface area (Å²) in [7, 11) is 0. The predicted molar refractivity (Wildman–Crippen MR) is 88.6 cm³/mol. The quantitative estimate of drug-likeness (QED) is 0.329. The summed E-state index contributed by atoms with van der Waals surface area (Å²) in [6.07, 6.45) is 3.05. The molecule has 118 valence electrons. The number of carbonyl (C=O) groups is 1. The van der Waals surface area contributed by atoms with Crippen LogP contribution in [0.25, 0.3) is 17.4 Å². The van der Waals surface area contributed by atoms with Gasteiger partial charge in [-0.25, -0.2) is 4.79 Å². The lowest BCUT2D eigenvalue weighted by molar-refractivity contribution is -0.138. The molecule has 4 nitrogen and oxygen atoms in total. The SMILES string of the molecule is CCCCOC(=O)C(C#N)=Cc1ccc(-c2ccccc2Cl)o1. The molecule has 1 aromatic carbocycles.